The van der Waals surface area contributed by atoms with Gasteiger partial charge in [-0.2, -0.15) is 0 Å². The zero-order chi connectivity index (χ0) is 27.5. The number of hydrogen-bond acceptors (Lipinski definition) is 2. The second kappa shape index (κ2) is 8.95. The third-order valence-electron chi connectivity index (χ3n) is 8.03. The molecule has 0 unspecified atom stereocenters. The van der Waals surface area contributed by atoms with Crippen molar-refractivity contribution in [3.63, 3.8) is 0 Å². The SMILES string of the molecule is CC(C)(C)c1ccc(N(c2ccc(C(C)(C)C)cc2)c2ccc3ccc4c(C=O)ccc5ccc2c3c54)cc1. The molecule has 0 amide bonds. The highest BCUT2D eigenvalue weighted by atomic mass is 16.1. The van der Waals surface area contributed by atoms with Crippen molar-refractivity contribution in [3.05, 3.63) is 114 Å². The van der Waals surface area contributed by atoms with Crippen LogP contribution in [0.1, 0.15) is 63.0 Å². The van der Waals surface area contributed by atoms with Gasteiger partial charge in [-0.15, -0.1) is 0 Å². The first kappa shape index (κ1) is 25.1. The van der Waals surface area contributed by atoms with Crippen molar-refractivity contribution in [2.24, 2.45) is 0 Å². The van der Waals surface area contributed by atoms with Crippen LogP contribution in [0.15, 0.2) is 97.1 Å². The van der Waals surface area contributed by atoms with Gasteiger partial charge in [0.15, 0.2) is 6.29 Å². The summed E-state index contributed by atoms with van der Waals surface area (Å²) in [6, 6.07) is 35.0. The van der Waals surface area contributed by atoms with E-state index in [9.17, 15) is 4.79 Å². The molecular weight excluding hydrogens is 474 g/mol. The Morgan fingerprint density at radius 1 is 0.513 bits per heavy atom. The van der Waals surface area contributed by atoms with Gasteiger partial charge in [0.2, 0.25) is 0 Å². The van der Waals surface area contributed by atoms with Gasteiger partial charge in [-0.25, -0.2) is 0 Å². The molecule has 6 aromatic rings. The molecule has 0 aliphatic carbocycles. The smallest absolute Gasteiger partial charge is 0.150 e. The van der Waals surface area contributed by atoms with Crippen LogP contribution >= 0.6 is 0 Å². The summed E-state index contributed by atoms with van der Waals surface area (Å²) in [4.78, 5) is 14.3. The van der Waals surface area contributed by atoms with Gasteiger partial charge in [-0.05, 0) is 79.2 Å². The maximum absolute atomic E-state index is 11.9. The summed E-state index contributed by atoms with van der Waals surface area (Å²) in [5, 5.41) is 6.88. The summed E-state index contributed by atoms with van der Waals surface area (Å²) in [5.41, 5.74) is 6.89. The standard InChI is InChI=1S/C37H35NO/c1-36(2,3)27-12-16-29(17-13-27)38(30-18-14-28(15-19-30)37(4,5)6)33-22-11-25-9-20-31-26(23-39)8-7-24-10-21-32(33)35(25)34(24)31/h7-23H,1-6H3. The zero-order valence-electron chi connectivity index (χ0n) is 23.7. The van der Waals surface area contributed by atoms with Crippen LogP contribution < -0.4 is 4.90 Å². The number of rotatable bonds is 4. The summed E-state index contributed by atoms with van der Waals surface area (Å²) >= 11 is 0. The second-order valence-corrected chi connectivity index (χ2v) is 12.7. The van der Waals surface area contributed by atoms with E-state index in [-0.39, 0.29) is 10.8 Å². The van der Waals surface area contributed by atoms with Gasteiger partial charge in [-0.3, -0.25) is 4.79 Å². The third kappa shape index (κ3) is 4.25. The number of hydrogen-bond donors (Lipinski definition) is 0. The van der Waals surface area contributed by atoms with Gasteiger partial charge >= 0.3 is 0 Å². The van der Waals surface area contributed by atoms with Crippen LogP contribution in [0.3, 0.4) is 0 Å². The fourth-order valence-electron chi connectivity index (χ4n) is 5.75. The molecule has 2 nitrogen and oxygen atoms in total. The van der Waals surface area contributed by atoms with Crippen LogP contribution in [-0.4, -0.2) is 6.29 Å². The molecule has 0 spiro atoms. The van der Waals surface area contributed by atoms with Gasteiger partial charge < -0.3 is 4.90 Å². The van der Waals surface area contributed by atoms with E-state index in [2.05, 4.69) is 137 Å². The van der Waals surface area contributed by atoms with E-state index in [0.717, 1.165) is 45.1 Å². The highest BCUT2D eigenvalue weighted by molar-refractivity contribution is 6.27. The highest BCUT2D eigenvalue weighted by Crippen LogP contribution is 2.44. The van der Waals surface area contributed by atoms with Crippen molar-refractivity contribution in [2.75, 3.05) is 4.90 Å². The largest absolute Gasteiger partial charge is 0.310 e. The fourth-order valence-corrected chi connectivity index (χ4v) is 5.75. The maximum atomic E-state index is 11.9. The molecular formula is C37H35NO. The number of benzene rings is 6. The molecule has 6 rings (SSSR count). The van der Waals surface area contributed by atoms with Crippen molar-refractivity contribution < 1.29 is 4.79 Å². The third-order valence-corrected chi connectivity index (χ3v) is 8.03. The molecule has 2 heteroatoms. The van der Waals surface area contributed by atoms with Crippen LogP contribution in [0.4, 0.5) is 17.1 Å². The molecule has 0 aliphatic rings. The molecule has 194 valence electrons. The Bertz CT molecular complexity index is 1760. The average molecular weight is 510 g/mol. The molecule has 0 aromatic heterocycles. The highest BCUT2D eigenvalue weighted by Gasteiger charge is 2.21. The average Bonchev–Trinajstić information content (AvgIpc) is 2.92. The quantitative estimate of drug-likeness (QED) is 0.174. The normalized spacial score (nSPS) is 12.5. The molecule has 0 fully saturated rings. The predicted molar refractivity (Wildman–Crippen MR) is 168 cm³/mol. The summed E-state index contributed by atoms with van der Waals surface area (Å²) in [7, 11) is 0. The van der Waals surface area contributed by atoms with Crippen LogP contribution in [0.2, 0.25) is 0 Å². The van der Waals surface area contributed by atoms with Crippen molar-refractivity contribution in [3.8, 4) is 0 Å². The summed E-state index contributed by atoms with van der Waals surface area (Å²) < 4.78 is 0. The molecule has 6 aromatic carbocycles. The van der Waals surface area contributed by atoms with Crippen LogP contribution in [0, 0.1) is 0 Å². The van der Waals surface area contributed by atoms with Crippen molar-refractivity contribution in [2.45, 2.75) is 52.4 Å². The molecule has 0 saturated carbocycles. The van der Waals surface area contributed by atoms with Crippen molar-refractivity contribution in [1.82, 2.24) is 0 Å². The van der Waals surface area contributed by atoms with Gasteiger partial charge in [-0.1, -0.05) is 108 Å². The summed E-state index contributed by atoms with van der Waals surface area (Å²) in [6.45, 7) is 13.5. The van der Waals surface area contributed by atoms with Crippen LogP contribution in [0.5, 0.6) is 0 Å². The molecule has 0 radical (unpaired) electrons. The lowest BCUT2D eigenvalue weighted by atomic mass is 9.86. The number of anilines is 3. The molecule has 0 aliphatic heterocycles. The van der Waals surface area contributed by atoms with E-state index < -0.39 is 0 Å². The van der Waals surface area contributed by atoms with Crippen LogP contribution in [0.25, 0.3) is 32.3 Å². The minimum atomic E-state index is 0.0843. The first-order valence-electron chi connectivity index (χ1n) is 13.7. The number of aldehydes is 1. The molecule has 0 saturated heterocycles. The Kier molecular flexibility index (Phi) is 5.77. The van der Waals surface area contributed by atoms with E-state index in [1.807, 2.05) is 6.07 Å². The Morgan fingerprint density at radius 3 is 1.44 bits per heavy atom. The first-order chi connectivity index (χ1) is 18.6. The monoisotopic (exact) mass is 509 g/mol. The topological polar surface area (TPSA) is 20.3 Å². The molecule has 0 N–H and O–H groups in total. The van der Waals surface area contributed by atoms with E-state index in [1.165, 1.54) is 27.3 Å². The van der Waals surface area contributed by atoms with E-state index in [0.29, 0.717) is 0 Å². The van der Waals surface area contributed by atoms with Gasteiger partial charge in [0, 0.05) is 22.3 Å². The Labute approximate surface area is 231 Å². The lowest BCUT2D eigenvalue weighted by Crippen LogP contribution is -2.14. The molecule has 39 heavy (non-hydrogen) atoms. The Hall–Kier alpha value is -4.17. The predicted octanol–water partition coefficient (Wildman–Crippen LogP) is 10.5. The number of nitrogens with zero attached hydrogens (tertiary/aromatic N) is 1. The van der Waals surface area contributed by atoms with Crippen LogP contribution in [-0.2, 0) is 10.8 Å². The zero-order valence-corrected chi connectivity index (χ0v) is 23.7. The second-order valence-electron chi connectivity index (χ2n) is 12.7. The Balaban J connectivity index is 1.63. The lowest BCUT2D eigenvalue weighted by molar-refractivity contribution is 0.112. The minimum absolute atomic E-state index is 0.0843. The molecule has 0 heterocycles. The first-order valence-corrected chi connectivity index (χ1v) is 13.7. The maximum Gasteiger partial charge on any atom is 0.150 e. The van der Waals surface area contributed by atoms with E-state index >= 15 is 0 Å². The summed E-state index contributed by atoms with van der Waals surface area (Å²) in [5.74, 6) is 0. The van der Waals surface area contributed by atoms with Gasteiger partial charge in [0.05, 0.1) is 5.69 Å². The number of carbonyl (C=O) groups is 1. The van der Waals surface area contributed by atoms with Gasteiger partial charge in [0.25, 0.3) is 0 Å². The lowest BCUT2D eigenvalue weighted by Gasteiger charge is -2.29. The number of carbonyl (C=O) groups excluding carboxylic acids is 1. The van der Waals surface area contributed by atoms with Gasteiger partial charge in [0.1, 0.15) is 0 Å². The van der Waals surface area contributed by atoms with E-state index in [1.54, 1.807) is 0 Å². The summed E-state index contributed by atoms with van der Waals surface area (Å²) in [6.07, 6.45) is 0.965. The Morgan fingerprint density at radius 2 is 0.949 bits per heavy atom. The van der Waals surface area contributed by atoms with E-state index in [4.69, 9.17) is 0 Å². The molecule has 0 bridgehead atoms. The molecule has 0 atom stereocenters. The van der Waals surface area contributed by atoms with Crippen molar-refractivity contribution in [1.29, 1.82) is 0 Å². The minimum Gasteiger partial charge on any atom is -0.310 e. The van der Waals surface area contributed by atoms with Crippen molar-refractivity contribution >= 4 is 55.7 Å². The fraction of sp³-hybridized carbons (Fsp3) is 0.216.